The van der Waals surface area contributed by atoms with Gasteiger partial charge in [-0.05, 0) is 24.0 Å². The van der Waals surface area contributed by atoms with Crippen LogP contribution in [0.1, 0.15) is 37.8 Å². The summed E-state index contributed by atoms with van der Waals surface area (Å²) in [6.07, 6.45) is 1.52. The van der Waals surface area contributed by atoms with Crippen LogP contribution in [0, 0.1) is 5.82 Å². The number of oxazole rings is 1. The van der Waals surface area contributed by atoms with Crippen LogP contribution in [0.3, 0.4) is 0 Å². The van der Waals surface area contributed by atoms with E-state index in [1.165, 1.54) is 11.6 Å². The number of benzene rings is 1. The second-order valence-corrected chi connectivity index (χ2v) is 7.93. The fourth-order valence-corrected chi connectivity index (χ4v) is 3.69. The van der Waals surface area contributed by atoms with E-state index in [2.05, 4.69) is 35.9 Å². The first-order valence-electron chi connectivity index (χ1n) is 9.96. The molecule has 0 saturated carbocycles. The summed E-state index contributed by atoms with van der Waals surface area (Å²) in [6, 6.07) is 10.0. The Labute approximate surface area is 169 Å². The molecule has 3 aromatic rings. The highest BCUT2D eigenvalue weighted by atomic mass is 19.1. The molecule has 1 aliphatic rings. The predicted molar refractivity (Wildman–Crippen MR) is 109 cm³/mol. The molecule has 152 valence electrons. The Hall–Kier alpha value is -2.96. The van der Waals surface area contributed by atoms with Gasteiger partial charge >= 0.3 is 0 Å². The van der Waals surface area contributed by atoms with Crippen molar-refractivity contribution < 1.29 is 13.6 Å². The second kappa shape index (κ2) is 7.81. The van der Waals surface area contributed by atoms with Crippen LogP contribution >= 0.6 is 0 Å². The van der Waals surface area contributed by atoms with E-state index in [0.29, 0.717) is 49.2 Å². The van der Waals surface area contributed by atoms with Crippen molar-refractivity contribution in [2.24, 2.45) is 0 Å². The van der Waals surface area contributed by atoms with Crippen LogP contribution in [0.2, 0.25) is 0 Å². The molecular formula is C22H25FN4O2. The molecule has 1 amide bonds. The Morgan fingerprint density at radius 1 is 1.28 bits per heavy atom. The number of halogens is 1. The fourth-order valence-electron chi connectivity index (χ4n) is 3.69. The predicted octanol–water partition coefficient (Wildman–Crippen LogP) is 3.77. The van der Waals surface area contributed by atoms with E-state index in [-0.39, 0.29) is 11.9 Å². The first kappa shape index (κ1) is 19.4. The molecule has 0 spiro atoms. The molecule has 6 nitrogen and oxygen atoms in total. The summed E-state index contributed by atoms with van der Waals surface area (Å²) in [5.41, 5.74) is 3.02. The summed E-state index contributed by atoms with van der Waals surface area (Å²) in [5, 5.41) is 0. The quantitative estimate of drug-likeness (QED) is 0.672. The van der Waals surface area contributed by atoms with Gasteiger partial charge in [0.2, 0.25) is 11.6 Å². The van der Waals surface area contributed by atoms with Crippen LogP contribution in [0.25, 0.3) is 11.2 Å². The van der Waals surface area contributed by atoms with Crippen LogP contribution in [-0.2, 0) is 11.2 Å². The summed E-state index contributed by atoms with van der Waals surface area (Å²) in [7, 11) is 0. The Morgan fingerprint density at radius 3 is 2.72 bits per heavy atom. The van der Waals surface area contributed by atoms with Gasteiger partial charge < -0.3 is 14.2 Å². The molecule has 0 bridgehead atoms. The van der Waals surface area contributed by atoms with E-state index in [9.17, 15) is 9.18 Å². The van der Waals surface area contributed by atoms with Gasteiger partial charge in [0.25, 0.3) is 6.01 Å². The molecule has 0 aliphatic carbocycles. The number of fused-ring (bicyclic) bond motifs is 1. The minimum Gasteiger partial charge on any atom is -0.404 e. The lowest BCUT2D eigenvalue weighted by Crippen LogP contribution is -2.54. The molecule has 1 fully saturated rings. The number of carbonyl (C=O) groups is 1. The lowest BCUT2D eigenvalue weighted by atomic mass is 10.0. The highest BCUT2D eigenvalue weighted by Crippen LogP contribution is 2.25. The molecule has 4 rings (SSSR count). The molecule has 7 heteroatoms. The minimum absolute atomic E-state index is 0.0360. The summed E-state index contributed by atoms with van der Waals surface area (Å²) < 4.78 is 19.0. The molecule has 1 saturated heterocycles. The van der Waals surface area contributed by atoms with E-state index in [0.717, 1.165) is 11.8 Å². The summed E-state index contributed by atoms with van der Waals surface area (Å²) in [5.74, 6) is 0.157. The van der Waals surface area contributed by atoms with E-state index in [1.54, 1.807) is 0 Å². The monoisotopic (exact) mass is 396 g/mol. The molecule has 1 atom stereocenters. The number of hydrogen-bond donors (Lipinski definition) is 0. The highest BCUT2D eigenvalue weighted by molar-refractivity contribution is 5.79. The van der Waals surface area contributed by atoms with Crippen molar-refractivity contribution in [1.29, 1.82) is 0 Å². The van der Waals surface area contributed by atoms with Gasteiger partial charge in [0.15, 0.2) is 0 Å². The van der Waals surface area contributed by atoms with Crippen molar-refractivity contribution in [3.63, 3.8) is 0 Å². The van der Waals surface area contributed by atoms with E-state index >= 15 is 0 Å². The Bertz CT molecular complexity index is 1020. The van der Waals surface area contributed by atoms with Crippen molar-refractivity contribution in [3.05, 3.63) is 53.5 Å². The van der Waals surface area contributed by atoms with Crippen LogP contribution in [-0.4, -0.2) is 46.5 Å². The SMILES string of the molecule is CC(C)c1ccc(CC(=O)N2CCN(c3nc4cc(F)cnc4o3)[C@@H](C)C2)cc1. The Balaban J connectivity index is 1.40. The number of rotatable bonds is 4. The molecule has 1 aromatic carbocycles. The van der Waals surface area contributed by atoms with Gasteiger partial charge in [0.05, 0.1) is 12.6 Å². The first-order chi connectivity index (χ1) is 13.9. The topological polar surface area (TPSA) is 62.5 Å². The average molecular weight is 396 g/mol. The number of nitrogens with zero attached hydrogens (tertiary/aromatic N) is 4. The van der Waals surface area contributed by atoms with Crippen molar-refractivity contribution in [2.75, 3.05) is 24.5 Å². The number of piperazine rings is 1. The number of amides is 1. The maximum Gasteiger partial charge on any atom is 0.300 e. The molecular weight excluding hydrogens is 371 g/mol. The summed E-state index contributed by atoms with van der Waals surface area (Å²) in [6.45, 7) is 8.13. The van der Waals surface area contributed by atoms with Gasteiger partial charge in [-0.1, -0.05) is 38.1 Å². The smallest absolute Gasteiger partial charge is 0.300 e. The fraction of sp³-hybridized carbons (Fsp3) is 0.409. The second-order valence-electron chi connectivity index (χ2n) is 7.93. The van der Waals surface area contributed by atoms with Crippen molar-refractivity contribution >= 4 is 23.2 Å². The lowest BCUT2D eigenvalue weighted by Gasteiger charge is -2.39. The molecule has 3 heterocycles. The highest BCUT2D eigenvalue weighted by Gasteiger charge is 2.29. The number of carbonyl (C=O) groups excluding carboxylic acids is 1. The van der Waals surface area contributed by atoms with Crippen LogP contribution < -0.4 is 4.90 Å². The molecule has 2 aromatic heterocycles. The molecule has 29 heavy (non-hydrogen) atoms. The van der Waals surface area contributed by atoms with Crippen molar-refractivity contribution in [1.82, 2.24) is 14.9 Å². The van der Waals surface area contributed by atoms with Crippen LogP contribution in [0.15, 0.2) is 40.9 Å². The van der Waals surface area contributed by atoms with E-state index < -0.39 is 5.82 Å². The van der Waals surface area contributed by atoms with Gasteiger partial charge in [0.1, 0.15) is 11.3 Å². The zero-order valence-corrected chi connectivity index (χ0v) is 16.9. The molecule has 0 unspecified atom stereocenters. The zero-order valence-electron chi connectivity index (χ0n) is 16.9. The Kier molecular flexibility index (Phi) is 5.22. The van der Waals surface area contributed by atoms with Gasteiger partial charge in [-0.3, -0.25) is 4.79 Å². The van der Waals surface area contributed by atoms with Gasteiger partial charge in [-0.25, -0.2) is 9.37 Å². The third-order valence-corrected chi connectivity index (χ3v) is 5.43. The van der Waals surface area contributed by atoms with Gasteiger partial charge in [-0.15, -0.1) is 0 Å². The number of anilines is 1. The zero-order chi connectivity index (χ0) is 20.5. The maximum atomic E-state index is 13.3. The summed E-state index contributed by atoms with van der Waals surface area (Å²) in [4.78, 5) is 25.0. The molecule has 0 radical (unpaired) electrons. The van der Waals surface area contributed by atoms with Gasteiger partial charge in [-0.2, -0.15) is 4.98 Å². The third-order valence-electron chi connectivity index (χ3n) is 5.43. The van der Waals surface area contributed by atoms with E-state index in [1.807, 2.05) is 28.9 Å². The minimum atomic E-state index is -0.442. The van der Waals surface area contributed by atoms with Crippen LogP contribution in [0.5, 0.6) is 0 Å². The van der Waals surface area contributed by atoms with Crippen molar-refractivity contribution in [2.45, 2.75) is 39.2 Å². The maximum absolute atomic E-state index is 13.3. The molecule has 1 aliphatic heterocycles. The Morgan fingerprint density at radius 2 is 2.03 bits per heavy atom. The molecule has 0 N–H and O–H groups in total. The number of pyridine rings is 1. The first-order valence-corrected chi connectivity index (χ1v) is 9.96. The summed E-state index contributed by atoms with van der Waals surface area (Å²) >= 11 is 0. The van der Waals surface area contributed by atoms with Crippen LogP contribution in [0.4, 0.5) is 10.4 Å². The van der Waals surface area contributed by atoms with Gasteiger partial charge in [0, 0.05) is 31.7 Å². The number of hydrogen-bond acceptors (Lipinski definition) is 5. The standard InChI is InChI=1S/C22H25FN4O2/c1-14(2)17-6-4-16(5-7-17)10-20(28)26-8-9-27(15(3)13-26)22-25-19-11-18(23)12-24-21(19)29-22/h4-7,11-12,14-15H,8-10,13H2,1-3H3/t15-/m0/s1. The van der Waals surface area contributed by atoms with Crippen molar-refractivity contribution in [3.8, 4) is 0 Å². The van der Waals surface area contributed by atoms with E-state index in [4.69, 9.17) is 4.42 Å². The lowest BCUT2D eigenvalue weighted by molar-refractivity contribution is -0.131. The normalized spacial score (nSPS) is 17.3. The number of aromatic nitrogens is 2. The largest absolute Gasteiger partial charge is 0.404 e. The third kappa shape index (κ3) is 4.09. The average Bonchev–Trinajstić information content (AvgIpc) is 3.11.